The molecule has 0 saturated heterocycles. The second-order valence-electron chi connectivity index (χ2n) is 7.11. The van der Waals surface area contributed by atoms with E-state index >= 15 is 0 Å². The standard InChI is InChI=1S/C25H20N2O4/c26-24(29)22(28)19(15-16-9-3-1-4-10-16)27-25(30)21-18-13-7-8-14-20(18)31-23(21)17-11-5-2-6-12-17/h1-14,19H,15H2,(H2,26,29)(H,27,30). The van der Waals surface area contributed by atoms with Gasteiger partial charge in [0.05, 0.1) is 5.56 Å². The Labute approximate surface area is 178 Å². The van der Waals surface area contributed by atoms with Gasteiger partial charge in [-0.1, -0.05) is 78.9 Å². The fraction of sp³-hybridized carbons (Fsp3) is 0.0800. The predicted molar refractivity (Wildman–Crippen MR) is 117 cm³/mol. The van der Waals surface area contributed by atoms with Crippen molar-refractivity contribution >= 4 is 28.6 Å². The van der Waals surface area contributed by atoms with Gasteiger partial charge in [0, 0.05) is 17.4 Å². The Morgan fingerprint density at radius 2 is 1.45 bits per heavy atom. The molecule has 4 aromatic rings. The van der Waals surface area contributed by atoms with Crippen LogP contribution in [0.5, 0.6) is 0 Å². The van der Waals surface area contributed by atoms with Crippen molar-refractivity contribution in [3.63, 3.8) is 0 Å². The minimum Gasteiger partial charge on any atom is -0.455 e. The van der Waals surface area contributed by atoms with E-state index in [4.69, 9.17) is 10.2 Å². The molecule has 6 nitrogen and oxygen atoms in total. The third-order valence-corrected chi connectivity index (χ3v) is 5.01. The summed E-state index contributed by atoms with van der Waals surface area (Å²) in [5.74, 6) is -2.07. The Morgan fingerprint density at radius 1 is 0.839 bits per heavy atom. The van der Waals surface area contributed by atoms with E-state index in [9.17, 15) is 14.4 Å². The number of nitrogens with two attached hydrogens (primary N) is 1. The molecule has 4 rings (SSSR count). The minimum absolute atomic E-state index is 0.144. The topological polar surface area (TPSA) is 102 Å². The van der Waals surface area contributed by atoms with Crippen molar-refractivity contribution in [3.05, 3.63) is 96.1 Å². The molecule has 154 valence electrons. The quantitative estimate of drug-likeness (QED) is 0.454. The molecule has 0 aliphatic rings. The molecule has 0 aliphatic heterocycles. The number of carbonyl (C=O) groups is 3. The first-order valence-corrected chi connectivity index (χ1v) is 9.80. The largest absolute Gasteiger partial charge is 0.455 e. The molecule has 0 bridgehead atoms. The molecule has 6 heteroatoms. The van der Waals surface area contributed by atoms with Crippen LogP contribution in [-0.2, 0) is 16.0 Å². The van der Waals surface area contributed by atoms with E-state index in [-0.39, 0.29) is 6.42 Å². The molecule has 31 heavy (non-hydrogen) atoms. The normalized spacial score (nSPS) is 11.7. The fourth-order valence-corrected chi connectivity index (χ4v) is 3.52. The highest BCUT2D eigenvalue weighted by molar-refractivity contribution is 6.38. The molecular weight excluding hydrogens is 392 g/mol. The van der Waals surface area contributed by atoms with E-state index in [0.29, 0.717) is 22.3 Å². The van der Waals surface area contributed by atoms with Crippen molar-refractivity contribution < 1.29 is 18.8 Å². The van der Waals surface area contributed by atoms with Gasteiger partial charge >= 0.3 is 0 Å². The van der Waals surface area contributed by atoms with Gasteiger partial charge in [0.25, 0.3) is 11.8 Å². The summed E-state index contributed by atoms with van der Waals surface area (Å²) in [6.45, 7) is 0. The van der Waals surface area contributed by atoms with Crippen LogP contribution in [0, 0.1) is 0 Å². The van der Waals surface area contributed by atoms with Gasteiger partial charge in [-0.2, -0.15) is 0 Å². The first kappa shape index (κ1) is 20.1. The van der Waals surface area contributed by atoms with Crippen LogP contribution in [0.2, 0.25) is 0 Å². The Hall–Kier alpha value is -4.19. The zero-order valence-corrected chi connectivity index (χ0v) is 16.6. The molecule has 0 aliphatic carbocycles. The first-order valence-electron chi connectivity index (χ1n) is 9.80. The maximum Gasteiger partial charge on any atom is 0.287 e. The zero-order valence-electron chi connectivity index (χ0n) is 16.6. The molecule has 0 radical (unpaired) electrons. The molecule has 3 aromatic carbocycles. The monoisotopic (exact) mass is 412 g/mol. The van der Waals surface area contributed by atoms with Crippen molar-refractivity contribution in [2.45, 2.75) is 12.5 Å². The average Bonchev–Trinajstić information content (AvgIpc) is 3.19. The number of rotatable bonds is 7. The van der Waals surface area contributed by atoms with Crippen LogP contribution in [0.15, 0.2) is 89.3 Å². The van der Waals surface area contributed by atoms with Crippen LogP contribution in [-0.4, -0.2) is 23.6 Å². The van der Waals surface area contributed by atoms with Crippen molar-refractivity contribution in [3.8, 4) is 11.3 Å². The summed E-state index contributed by atoms with van der Waals surface area (Å²) in [5.41, 5.74) is 7.61. The molecule has 1 unspecified atom stereocenters. The van der Waals surface area contributed by atoms with E-state index < -0.39 is 23.6 Å². The number of Topliss-reactive ketones (excluding diaryl/α,β-unsaturated/α-hetero) is 1. The lowest BCUT2D eigenvalue weighted by atomic mass is 10.00. The Morgan fingerprint density at radius 3 is 2.13 bits per heavy atom. The summed E-state index contributed by atoms with van der Waals surface area (Å²) in [6.07, 6.45) is 0.144. The van der Waals surface area contributed by atoms with Crippen molar-refractivity contribution in [1.29, 1.82) is 0 Å². The van der Waals surface area contributed by atoms with Gasteiger partial charge in [-0.15, -0.1) is 0 Å². The van der Waals surface area contributed by atoms with Gasteiger partial charge in [-0.25, -0.2) is 0 Å². The molecule has 1 aromatic heterocycles. The maximum absolute atomic E-state index is 13.4. The summed E-state index contributed by atoms with van der Waals surface area (Å²) >= 11 is 0. The summed E-state index contributed by atoms with van der Waals surface area (Å²) < 4.78 is 5.98. The van der Waals surface area contributed by atoms with Gasteiger partial charge in [-0.3, -0.25) is 14.4 Å². The number of nitrogens with one attached hydrogen (secondary N) is 1. The van der Waals surface area contributed by atoms with Gasteiger partial charge in [0.1, 0.15) is 17.4 Å². The van der Waals surface area contributed by atoms with Crippen molar-refractivity contribution in [1.82, 2.24) is 5.32 Å². The second-order valence-corrected chi connectivity index (χ2v) is 7.11. The number of hydrogen-bond donors (Lipinski definition) is 2. The van der Waals surface area contributed by atoms with E-state index in [2.05, 4.69) is 5.32 Å². The lowest BCUT2D eigenvalue weighted by Gasteiger charge is -2.16. The number of hydrogen-bond acceptors (Lipinski definition) is 4. The van der Waals surface area contributed by atoms with E-state index in [0.717, 1.165) is 11.1 Å². The molecule has 0 fully saturated rings. The van der Waals surface area contributed by atoms with Crippen LogP contribution in [0.4, 0.5) is 0 Å². The molecule has 0 saturated carbocycles. The fourth-order valence-electron chi connectivity index (χ4n) is 3.52. The number of amides is 2. The molecule has 2 amide bonds. The summed E-state index contributed by atoms with van der Waals surface area (Å²) in [7, 11) is 0. The molecule has 3 N–H and O–H groups in total. The number of para-hydroxylation sites is 1. The van der Waals surface area contributed by atoms with Gasteiger partial charge in [0.2, 0.25) is 5.78 Å². The Balaban J connectivity index is 1.74. The minimum atomic E-state index is -1.10. The Bertz CT molecular complexity index is 1250. The SMILES string of the molecule is NC(=O)C(=O)C(Cc1ccccc1)NC(=O)c1c(-c2ccccc2)oc2ccccc12. The van der Waals surface area contributed by atoms with Crippen molar-refractivity contribution in [2.24, 2.45) is 5.73 Å². The van der Waals surface area contributed by atoms with Gasteiger partial charge in [0.15, 0.2) is 0 Å². The predicted octanol–water partition coefficient (Wildman–Crippen LogP) is 3.50. The molecule has 1 atom stereocenters. The average molecular weight is 412 g/mol. The number of primary amides is 1. The smallest absolute Gasteiger partial charge is 0.287 e. The van der Waals surface area contributed by atoms with Gasteiger partial charge < -0.3 is 15.5 Å². The number of furan rings is 1. The number of benzene rings is 3. The molecular formula is C25H20N2O4. The van der Waals surface area contributed by atoms with Crippen LogP contribution < -0.4 is 11.1 Å². The van der Waals surface area contributed by atoms with Crippen LogP contribution in [0.25, 0.3) is 22.3 Å². The number of ketones is 1. The number of carbonyl (C=O) groups excluding carboxylic acids is 3. The van der Waals surface area contributed by atoms with Crippen LogP contribution in [0.3, 0.4) is 0 Å². The van der Waals surface area contributed by atoms with Gasteiger partial charge in [-0.05, 0) is 11.6 Å². The third-order valence-electron chi connectivity index (χ3n) is 5.01. The highest BCUT2D eigenvalue weighted by Crippen LogP contribution is 2.33. The van der Waals surface area contributed by atoms with Crippen LogP contribution in [0.1, 0.15) is 15.9 Å². The Kier molecular flexibility index (Phi) is 5.62. The molecule has 0 spiro atoms. The lowest BCUT2D eigenvalue weighted by molar-refractivity contribution is -0.137. The first-order chi connectivity index (χ1) is 15.0. The number of fused-ring (bicyclic) bond motifs is 1. The molecule has 1 heterocycles. The van der Waals surface area contributed by atoms with E-state index in [1.165, 1.54) is 0 Å². The lowest BCUT2D eigenvalue weighted by Crippen LogP contribution is -2.47. The maximum atomic E-state index is 13.4. The highest BCUT2D eigenvalue weighted by atomic mass is 16.3. The summed E-state index contributed by atoms with van der Waals surface area (Å²) in [5, 5.41) is 3.32. The van der Waals surface area contributed by atoms with Crippen LogP contribution >= 0.6 is 0 Å². The summed E-state index contributed by atoms with van der Waals surface area (Å²) in [6, 6.07) is 24.4. The van der Waals surface area contributed by atoms with Crippen molar-refractivity contribution in [2.75, 3.05) is 0 Å². The zero-order chi connectivity index (χ0) is 21.8. The van der Waals surface area contributed by atoms with E-state index in [1.54, 1.807) is 18.2 Å². The second kappa shape index (κ2) is 8.67. The highest BCUT2D eigenvalue weighted by Gasteiger charge is 2.29. The third kappa shape index (κ3) is 4.23. The summed E-state index contributed by atoms with van der Waals surface area (Å²) in [4.78, 5) is 37.4. The van der Waals surface area contributed by atoms with E-state index in [1.807, 2.05) is 66.7 Å².